The van der Waals surface area contributed by atoms with Crippen LogP contribution in [0.4, 0.5) is 0 Å². The van der Waals surface area contributed by atoms with Crippen molar-refractivity contribution in [2.24, 2.45) is 0 Å². The molecule has 0 amide bonds. The third-order valence-electron chi connectivity index (χ3n) is 1.09. The Hall–Kier alpha value is -0.420. The molecule has 0 radical (unpaired) electrons. The van der Waals surface area contributed by atoms with Gasteiger partial charge < -0.3 is 14.2 Å². The van der Waals surface area contributed by atoms with Crippen molar-refractivity contribution in [3.05, 3.63) is 0 Å². The summed E-state index contributed by atoms with van der Waals surface area (Å²) in [6, 6.07) is 0. The molecule has 0 aliphatic heterocycles. The van der Waals surface area contributed by atoms with Gasteiger partial charge in [-0.25, -0.2) is 0 Å². The predicted octanol–water partition coefficient (Wildman–Crippen LogP) is -0.462. The lowest BCUT2D eigenvalue weighted by Crippen LogP contribution is -2.25. The molecular formula is C5H12NO5P. The maximum Gasteiger partial charge on any atom is 0.341 e. The van der Waals surface area contributed by atoms with Crippen LogP contribution in [0.1, 0.15) is 0 Å². The van der Waals surface area contributed by atoms with Gasteiger partial charge in [-0.05, 0) is 0 Å². The zero-order valence-electron chi connectivity index (χ0n) is 6.94. The Morgan fingerprint density at radius 2 is 2.17 bits per heavy atom. The van der Waals surface area contributed by atoms with Gasteiger partial charge in [-0.3, -0.25) is 14.7 Å². The summed E-state index contributed by atoms with van der Waals surface area (Å²) in [5, 5.41) is 2.41. The minimum absolute atomic E-state index is 0.107. The van der Waals surface area contributed by atoms with E-state index in [-0.39, 0.29) is 12.8 Å². The fraction of sp³-hybridized carbons (Fsp3) is 0.800. The normalized spacial score (nSPS) is 15.2. The Labute approximate surface area is 70.4 Å². The largest absolute Gasteiger partial charge is 0.468 e. The van der Waals surface area contributed by atoms with E-state index in [0.29, 0.717) is 0 Å². The molecule has 0 bridgehead atoms. The summed E-state index contributed by atoms with van der Waals surface area (Å²) >= 11 is 0. The van der Waals surface area contributed by atoms with E-state index >= 15 is 0 Å². The van der Waals surface area contributed by atoms with E-state index in [9.17, 15) is 9.36 Å². The number of rotatable bonds is 5. The summed E-state index contributed by atoms with van der Waals surface area (Å²) < 4.78 is 19.3. The highest BCUT2D eigenvalue weighted by molar-refractivity contribution is 7.52. The molecule has 0 rings (SSSR count). The number of methoxy groups -OCH3 is 1. The summed E-state index contributed by atoms with van der Waals surface area (Å²) in [7, 11) is -1.20. The molecule has 0 saturated carbocycles. The highest BCUT2D eigenvalue weighted by Gasteiger charge is 2.16. The molecule has 7 heteroatoms. The molecule has 1 atom stereocenters. The summed E-state index contributed by atoms with van der Waals surface area (Å²) in [5.41, 5.74) is 0. The van der Waals surface area contributed by atoms with Gasteiger partial charge in [0.15, 0.2) is 0 Å². The van der Waals surface area contributed by atoms with Crippen molar-refractivity contribution in [2.75, 3.05) is 27.1 Å². The lowest BCUT2D eigenvalue weighted by atomic mass is 10.7. The average molecular weight is 197 g/mol. The van der Waals surface area contributed by atoms with Gasteiger partial charge in [0, 0.05) is 7.11 Å². The Kier molecular flexibility index (Phi) is 5.08. The molecule has 0 aliphatic carbocycles. The quantitative estimate of drug-likeness (QED) is 0.458. The van der Waals surface area contributed by atoms with Gasteiger partial charge in [0.2, 0.25) is 0 Å². The fourth-order valence-electron chi connectivity index (χ4n) is 0.436. The van der Waals surface area contributed by atoms with E-state index in [1.807, 2.05) is 0 Å². The standard InChI is InChI=1S/C5H12NO5P/c1-10-5(7)3-6-4-12(8,9)11-2/h6H,3-4H2,1-2H3,(H,8,9). The molecule has 0 spiro atoms. The van der Waals surface area contributed by atoms with E-state index in [2.05, 4.69) is 14.6 Å². The molecule has 0 aromatic heterocycles. The van der Waals surface area contributed by atoms with Crippen LogP contribution >= 0.6 is 7.60 Å². The van der Waals surface area contributed by atoms with E-state index in [1.54, 1.807) is 0 Å². The molecule has 0 saturated heterocycles. The van der Waals surface area contributed by atoms with Crippen molar-refractivity contribution >= 4 is 13.6 Å². The number of hydrogen-bond donors (Lipinski definition) is 2. The number of nitrogens with one attached hydrogen (secondary N) is 1. The number of ether oxygens (including phenoxy) is 1. The second kappa shape index (κ2) is 5.27. The Balaban J connectivity index is 3.57. The molecule has 2 N–H and O–H groups in total. The van der Waals surface area contributed by atoms with Crippen molar-refractivity contribution in [1.82, 2.24) is 5.32 Å². The van der Waals surface area contributed by atoms with Crippen molar-refractivity contribution in [1.29, 1.82) is 0 Å². The molecule has 6 nitrogen and oxygen atoms in total. The number of esters is 1. The monoisotopic (exact) mass is 197 g/mol. The molecule has 0 heterocycles. The van der Waals surface area contributed by atoms with Crippen molar-refractivity contribution in [3.8, 4) is 0 Å². The first-order valence-electron chi connectivity index (χ1n) is 3.17. The molecule has 72 valence electrons. The SMILES string of the molecule is COC(=O)CNCP(=O)(O)OC. The fourth-order valence-corrected chi connectivity index (χ4v) is 0.959. The Morgan fingerprint density at radius 1 is 1.58 bits per heavy atom. The van der Waals surface area contributed by atoms with Crippen LogP contribution in [0.5, 0.6) is 0 Å². The maximum absolute atomic E-state index is 10.8. The van der Waals surface area contributed by atoms with Crippen LogP contribution in [0.15, 0.2) is 0 Å². The molecule has 1 unspecified atom stereocenters. The van der Waals surface area contributed by atoms with Gasteiger partial charge >= 0.3 is 13.6 Å². The first-order chi connectivity index (χ1) is 5.52. The van der Waals surface area contributed by atoms with Crippen LogP contribution in [0.3, 0.4) is 0 Å². The number of carbonyl (C=O) groups excluding carboxylic acids is 1. The minimum atomic E-state index is -3.56. The summed E-state index contributed by atoms with van der Waals surface area (Å²) in [6.45, 7) is -0.107. The first-order valence-corrected chi connectivity index (χ1v) is 4.93. The molecule has 0 aliphatic rings. The van der Waals surface area contributed by atoms with Gasteiger partial charge in [0.25, 0.3) is 0 Å². The first kappa shape index (κ1) is 11.6. The smallest absolute Gasteiger partial charge is 0.341 e. The molecule has 0 aromatic carbocycles. The summed E-state index contributed by atoms with van der Waals surface area (Å²) in [4.78, 5) is 19.3. The highest BCUT2D eigenvalue weighted by Crippen LogP contribution is 2.38. The third kappa shape index (κ3) is 5.26. The highest BCUT2D eigenvalue weighted by atomic mass is 31.2. The summed E-state index contributed by atoms with van der Waals surface area (Å²) in [5.74, 6) is -0.494. The predicted molar refractivity (Wildman–Crippen MR) is 41.7 cm³/mol. The zero-order chi connectivity index (χ0) is 9.61. The van der Waals surface area contributed by atoms with Crippen LogP contribution in [0, 0.1) is 0 Å². The maximum atomic E-state index is 10.8. The number of hydrogen-bond acceptors (Lipinski definition) is 5. The summed E-state index contributed by atoms with van der Waals surface area (Å²) in [6.07, 6.45) is -0.265. The minimum Gasteiger partial charge on any atom is -0.468 e. The van der Waals surface area contributed by atoms with Crippen LogP contribution in [-0.2, 0) is 18.6 Å². The van der Waals surface area contributed by atoms with Crippen molar-refractivity contribution in [2.45, 2.75) is 0 Å². The van der Waals surface area contributed by atoms with E-state index in [1.165, 1.54) is 7.11 Å². The molecular weight excluding hydrogens is 185 g/mol. The lowest BCUT2D eigenvalue weighted by Gasteiger charge is -2.08. The Bertz CT molecular complexity index is 194. The van der Waals surface area contributed by atoms with Crippen molar-refractivity contribution in [3.63, 3.8) is 0 Å². The topological polar surface area (TPSA) is 84.9 Å². The second-order valence-electron chi connectivity index (χ2n) is 1.98. The Morgan fingerprint density at radius 3 is 2.58 bits per heavy atom. The van der Waals surface area contributed by atoms with Crippen molar-refractivity contribution < 1.29 is 23.5 Å². The van der Waals surface area contributed by atoms with Crippen LogP contribution in [0.25, 0.3) is 0 Å². The van der Waals surface area contributed by atoms with Gasteiger partial charge in [-0.2, -0.15) is 0 Å². The van der Waals surface area contributed by atoms with Gasteiger partial charge in [0.05, 0.1) is 19.9 Å². The molecule has 0 aromatic rings. The van der Waals surface area contributed by atoms with Gasteiger partial charge in [0.1, 0.15) is 0 Å². The van der Waals surface area contributed by atoms with E-state index < -0.39 is 13.6 Å². The van der Waals surface area contributed by atoms with Gasteiger partial charge in [-0.1, -0.05) is 0 Å². The molecule has 12 heavy (non-hydrogen) atoms. The third-order valence-corrected chi connectivity index (χ3v) is 2.29. The van der Waals surface area contributed by atoms with E-state index in [4.69, 9.17) is 4.89 Å². The zero-order valence-corrected chi connectivity index (χ0v) is 7.84. The van der Waals surface area contributed by atoms with Gasteiger partial charge in [-0.15, -0.1) is 0 Å². The van der Waals surface area contributed by atoms with Crippen LogP contribution in [-0.4, -0.2) is 37.9 Å². The number of carbonyl (C=O) groups is 1. The molecule has 0 fully saturated rings. The van der Waals surface area contributed by atoms with Crippen LogP contribution in [0.2, 0.25) is 0 Å². The van der Waals surface area contributed by atoms with Crippen LogP contribution < -0.4 is 5.32 Å². The van der Waals surface area contributed by atoms with E-state index in [0.717, 1.165) is 7.11 Å². The second-order valence-corrected chi connectivity index (χ2v) is 3.94. The average Bonchev–Trinajstić information content (AvgIpc) is 2.04. The lowest BCUT2D eigenvalue weighted by molar-refractivity contribution is -0.139.